The van der Waals surface area contributed by atoms with Crippen molar-refractivity contribution >= 4 is 5.91 Å². The minimum absolute atomic E-state index is 0.0533. The Labute approximate surface area is 107 Å². The van der Waals surface area contributed by atoms with E-state index in [1.54, 1.807) is 7.11 Å². The van der Waals surface area contributed by atoms with E-state index in [9.17, 15) is 4.79 Å². The first-order valence-corrected chi connectivity index (χ1v) is 5.85. The van der Waals surface area contributed by atoms with Crippen LogP contribution >= 0.6 is 0 Å². The van der Waals surface area contributed by atoms with E-state index in [0.29, 0.717) is 0 Å². The summed E-state index contributed by atoms with van der Waals surface area (Å²) in [6.07, 6.45) is 3.71. The van der Waals surface area contributed by atoms with E-state index in [1.165, 1.54) is 0 Å². The first-order chi connectivity index (χ1) is 8.31. The largest absolute Gasteiger partial charge is 0.356 e. The van der Waals surface area contributed by atoms with Crippen molar-refractivity contribution in [3.8, 4) is 0 Å². The molecule has 6 nitrogen and oxygen atoms in total. The molecule has 100 valence electrons. The Morgan fingerprint density at radius 3 is 2.50 bits per heavy atom. The number of amides is 1. The third-order valence-electron chi connectivity index (χ3n) is 3.28. The van der Waals surface area contributed by atoms with Gasteiger partial charge in [-0.05, 0) is 40.1 Å². The smallest absolute Gasteiger partial charge is 0.249 e. The van der Waals surface area contributed by atoms with Crippen LogP contribution in [0.15, 0.2) is 23.7 Å². The molecule has 1 amide bonds. The Balaban J connectivity index is 2.32. The lowest BCUT2D eigenvalue weighted by molar-refractivity contribution is -0.127. The fourth-order valence-electron chi connectivity index (χ4n) is 1.98. The third kappa shape index (κ3) is 1.87. The standard InChI is InChI=1S/C12H20N4O2/c1-11(2)10(17)13-8-6-7-12(18-5,16(3)4)15-9(8)14-11/h6-7,14-15H,1-5H3,(H,13,17). The molecule has 0 saturated heterocycles. The molecule has 2 heterocycles. The number of carbonyl (C=O) groups excluding carboxylic acids is 1. The molecule has 2 rings (SSSR count). The number of likely N-dealkylation sites (N-methyl/N-ethyl adjacent to an activating group) is 1. The Bertz CT molecular complexity index is 439. The number of hydrogen-bond acceptors (Lipinski definition) is 5. The number of rotatable bonds is 2. The van der Waals surface area contributed by atoms with Gasteiger partial charge in [-0.15, -0.1) is 0 Å². The van der Waals surface area contributed by atoms with E-state index < -0.39 is 11.4 Å². The lowest BCUT2D eigenvalue weighted by Crippen LogP contribution is -2.65. The minimum atomic E-state index is -0.704. The Hall–Kier alpha value is -1.53. The molecule has 0 bridgehead atoms. The summed E-state index contributed by atoms with van der Waals surface area (Å²) >= 11 is 0. The normalized spacial score (nSPS) is 29.6. The van der Waals surface area contributed by atoms with Gasteiger partial charge in [0.15, 0.2) is 0 Å². The van der Waals surface area contributed by atoms with Gasteiger partial charge in [-0.1, -0.05) is 0 Å². The maximum Gasteiger partial charge on any atom is 0.249 e. The van der Waals surface area contributed by atoms with E-state index in [1.807, 2.05) is 45.0 Å². The molecule has 0 aromatic rings. The molecule has 0 spiro atoms. The quantitative estimate of drug-likeness (QED) is 0.588. The summed E-state index contributed by atoms with van der Waals surface area (Å²) in [6.45, 7) is 3.66. The molecule has 0 aromatic heterocycles. The van der Waals surface area contributed by atoms with Crippen molar-refractivity contribution < 1.29 is 9.53 Å². The number of nitrogens with zero attached hydrogens (tertiary/aromatic N) is 1. The van der Waals surface area contributed by atoms with Gasteiger partial charge >= 0.3 is 0 Å². The van der Waals surface area contributed by atoms with Gasteiger partial charge in [-0.25, -0.2) is 0 Å². The Kier molecular flexibility index (Phi) is 2.87. The van der Waals surface area contributed by atoms with Gasteiger partial charge in [0.1, 0.15) is 11.4 Å². The maximum absolute atomic E-state index is 11.8. The van der Waals surface area contributed by atoms with Gasteiger partial charge in [-0.3, -0.25) is 9.69 Å². The highest BCUT2D eigenvalue weighted by Gasteiger charge is 2.40. The van der Waals surface area contributed by atoms with Gasteiger partial charge in [0.25, 0.3) is 0 Å². The van der Waals surface area contributed by atoms with E-state index in [-0.39, 0.29) is 5.91 Å². The number of hydrogen-bond donors (Lipinski definition) is 3. The van der Waals surface area contributed by atoms with E-state index in [0.717, 1.165) is 11.5 Å². The molecule has 0 aliphatic carbocycles. The third-order valence-corrected chi connectivity index (χ3v) is 3.28. The van der Waals surface area contributed by atoms with Crippen molar-refractivity contribution in [2.24, 2.45) is 0 Å². The van der Waals surface area contributed by atoms with Crippen LogP contribution in [0, 0.1) is 0 Å². The van der Waals surface area contributed by atoms with Gasteiger partial charge in [0, 0.05) is 7.11 Å². The van der Waals surface area contributed by atoms with Crippen molar-refractivity contribution in [2.75, 3.05) is 21.2 Å². The van der Waals surface area contributed by atoms with E-state index in [4.69, 9.17) is 4.74 Å². The van der Waals surface area contributed by atoms with Crippen LogP contribution in [0.2, 0.25) is 0 Å². The highest BCUT2D eigenvalue weighted by atomic mass is 16.5. The molecular weight excluding hydrogens is 232 g/mol. The summed E-state index contributed by atoms with van der Waals surface area (Å²) in [5.41, 5.74) is 0.0804. The highest BCUT2D eigenvalue weighted by molar-refractivity contribution is 5.89. The summed E-state index contributed by atoms with van der Waals surface area (Å²) in [6, 6.07) is 0. The number of carbonyl (C=O) groups is 1. The molecule has 2 aliphatic rings. The van der Waals surface area contributed by atoms with Gasteiger partial charge < -0.3 is 20.7 Å². The first kappa shape index (κ1) is 12.9. The van der Waals surface area contributed by atoms with Crippen LogP contribution in [0.3, 0.4) is 0 Å². The summed E-state index contributed by atoms with van der Waals surface area (Å²) < 4.78 is 5.53. The number of allylic oxidation sites excluding steroid dienone is 1. The average Bonchev–Trinajstić information content (AvgIpc) is 2.29. The summed E-state index contributed by atoms with van der Waals surface area (Å²) in [5, 5.41) is 9.32. The fraction of sp³-hybridized carbons (Fsp3) is 0.583. The van der Waals surface area contributed by atoms with Crippen molar-refractivity contribution in [1.82, 2.24) is 20.9 Å². The molecule has 2 aliphatic heterocycles. The van der Waals surface area contributed by atoms with Crippen LogP contribution in [0.5, 0.6) is 0 Å². The predicted molar refractivity (Wildman–Crippen MR) is 68.1 cm³/mol. The lowest BCUT2D eigenvalue weighted by atomic mass is 10.0. The van der Waals surface area contributed by atoms with Crippen LogP contribution in [0.1, 0.15) is 13.8 Å². The predicted octanol–water partition coefficient (Wildman–Crippen LogP) is -0.325. The molecular formula is C12H20N4O2. The summed E-state index contributed by atoms with van der Waals surface area (Å²) in [5.74, 6) is 0.00406. The molecule has 0 radical (unpaired) electrons. The highest BCUT2D eigenvalue weighted by Crippen LogP contribution is 2.23. The molecule has 0 aromatic carbocycles. The zero-order chi connectivity index (χ0) is 13.6. The average molecular weight is 252 g/mol. The Morgan fingerprint density at radius 1 is 1.28 bits per heavy atom. The van der Waals surface area contributed by atoms with Gasteiger partial charge in [0.05, 0.1) is 5.70 Å². The van der Waals surface area contributed by atoms with E-state index in [2.05, 4.69) is 16.0 Å². The number of nitrogens with one attached hydrogen (secondary N) is 3. The second-order valence-electron chi connectivity index (χ2n) is 5.25. The minimum Gasteiger partial charge on any atom is -0.356 e. The van der Waals surface area contributed by atoms with Crippen LogP contribution in [-0.2, 0) is 9.53 Å². The topological polar surface area (TPSA) is 65.6 Å². The van der Waals surface area contributed by atoms with Crippen LogP contribution < -0.4 is 16.0 Å². The summed E-state index contributed by atoms with van der Waals surface area (Å²) in [7, 11) is 5.47. The monoisotopic (exact) mass is 252 g/mol. The zero-order valence-corrected chi connectivity index (χ0v) is 11.4. The van der Waals surface area contributed by atoms with Crippen molar-refractivity contribution in [1.29, 1.82) is 0 Å². The van der Waals surface area contributed by atoms with Gasteiger partial charge in [-0.2, -0.15) is 0 Å². The second kappa shape index (κ2) is 4.00. The van der Waals surface area contributed by atoms with Crippen molar-refractivity contribution in [3.63, 3.8) is 0 Å². The molecule has 1 unspecified atom stereocenters. The zero-order valence-electron chi connectivity index (χ0n) is 11.4. The lowest BCUT2D eigenvalue weighted by Gasteiger charge is -2.44. The van der Waals surface area contributed by atoms with E-state index >= 15 is 0 Å². The van der Waals surface area contributed by atoms with Crippen LogP contribution in [-0.4, -0.2) is 43.4 Å². The number of methoxy groups -OCH3 is 1. The molecule has 3 N–H and O–H groups in total. The second-order valence-corrected chi connectivity index (χ2v) is 5.25. The molecule has 18 heavy (non-hydrogen) atoms. The molecule has 1 atom stereocenters. The van der Waals surface area contributed by atoms with Crippen LogP contribution in [0.4, 0.5) is 0 Å². The molecule has 0 fully saturated rings. The number of ether oxygens (including phenoxy) is 1. The number of dihydropyridines is 1. The maximum atomic E-state index is 11.8. The van der Waals surface area contributed by atoms with Gasteiger partial charge in [0.2, 0.25) is 11.8 Å². The molecule has 0 saturated carbocycles. The van der Waals surface area contributed by atoms with Crippen molar-refractivity contribution in [2.45, 2.75) is 25.2 Å². The fourth-order valence-corrected chi connectivity index (χ4v) is 1.98. The van der Waals surface area contributed by atoms with Crippen LogP contribution in [0.25, 0.3) is 0 Å². The van der Waals surface area contributed by atoms with Crippen molar-refractivity contribution in [3.05, 3.63) is 23.7 Å². The first-order valence-electron chi connectivity index (χ1n) is 5.85. The molecule has 6 heteroatoms. The Morgan fingerprint density at radius 2 is 1.94 bits per heavy atom. The SMILES string of the molecule is COC1(N(C)C)C=CC2=C(NC(C)(C)C(=O)N2)N1. The summed E-state index contributed by atoms with van der Waals surface area (Å²) in [4.78, 5) is 13.7.